The number of benzene rings is 1. The number of aromatic amines is 1. The Morgan fingerprint density at radius 2 is 1.95 bits per heavy atom. The Labute approximate surface area is 251 Å². The van der Waals surface area contributed by atoms with Gasteiger partial charge in [0, 0.05) is 60.4 Å². The van der Waals surface area contributed by atoms with Gasteiger partial charge in [0.2, 0.25) is 0 Å². The summed E-state index contributed by atoms with van der Waals surface area (Å²) in [5, 5.41) is 10.4. The third kappa shape index (κ3) is 5.15. The number of carbonyl (C=O) groups is 2. The Balaban J connectivity index is 1.30. The molecule has 0 bridgehead atoms. The monoisotopic (exact) mass is 601 g/mol. The quantitative estimate of drug-likeness (QED) is 0.262. The Morgan fingerprint density at radius 1 is 1.14 bits per heavy atom. The molecule has 9 nitrogen and oxygen atoms in total. The van der Waals surface area contributed by atoms with Crippen LogP contribution in [-0.2, 0) is 42.4 Å². The van der Waals surface area contributed by atoms with Gasteiger partial charge >= 0.3 is 5.97 Å². The van der Waals surface area contributed by atoms with E-state index in [-0.39, 0.29) is 23.8 Å². The molecule has 4 aromatic rings. The number of nitrogens with one attached hydrogen (secondary N) is 2. The van der Waals surface area contributed by atoms with Crippen LogP contribution in [0, 0.1) is 5.82 Å². The van der Waals surface area contributed by atoms with Gasteiger partial charge in [0.25, 0.3) is 11.5 Å². The molecule has 1 aromatic carbocycles. The Kier molecular flexibility index (Phi) is 6.92. The van der Waals surface area contributed by atoms with E-state index in [4.69, 9.17) is 4.74 Å². The molecule has 1 aliphatic heterocycles. The summed E-state index contributed by atoms with van der Waals surface area (Å²) in [6.07, 6.45) is 8.78. The summed E-state index contributed by atoms with van der Waals surface area (Å²) in [4.78, 5) is 42.6. The lowest BCUT2D eigenvalue weighted by atomic mass is 9.91. The lowest BCUT2D eigenvalue weighted by Gasteiger charge is -2.30. The van der Waals surface area contributed by atoms with Crippen molar-refractivity contribution in [3.05, 3.63) is 78.8 Å². The minimum Gasteiger partial charge on any atom is -0.461 e. The highest BCUT2D eigenvalue weighted by Crippen LogP contribution is 2.42. The molecule has 2 N–H and O–H groups in total. The van der Waals surface area contributed by atoms with Crippen molar-refractivity contribution in [3.63, 3.8) is 0 Å². The fraction of sp³-hybridized carbons (Fsp3) is 0.375. The number of aryl methyl sites for hydroxylation is 2. The first-order chi connectivity index (χ1) is 20.8. The van der Waals surface area contributed by atoms with Crippen molar-refractivity contribution in [1.82, 2.24) is 14.8 Å². The van der Waals surface area contributed by atoms with E-state index < -0.39 is 11.8 Å². The normalized spacial score (nSPS) is 16.2. The molecular formula is C32H32FN5O4S. The number of amides is 1. The topological polar surface area (TPSA) is 109 Å². The predicted molar refractivity (Wildman–Crippen MR) is 163 cm³/mol. The molecule has 0 unspecified atom stereocenters. The zero-order valence-electron chi connectivity index (χ0n) is 24.1. The van der Waals surface area contributed by atoms with Crippen LogP contribution < -0.4 is 15.8 Å². The summed E-state index contributed by atoms with van der Waals surface area (Å²) < 4.78 is 22.3. The number of nitrogens with zero attached hydrogens (tertiary/aromatic N) is 3. The lowest BCUT2D eigenvalue weighted by molar-refractivity contribution is -0.142. The first-order valence-corrected chi connectivity index (χ1v) is 15.5. The number of hydrogen-bond donors (Lipinski definition) is 2. The van der Waals surface area contributed by atoms with Crippen LogP contribution in [0.1, 0.15) is 75.5 Å². The maximum Gasteiger partial charge on any atom is 0.302 e. The van der Waals surface area contributed by atoms with Gasteiger partial charge in [-0.15, -0.1) is 11.3 Å². The molecule has 3 aromatic heterocycles. The van der Waals surface area contributed by atoms with E-state index in [2.05, 4.69) is 15.5 Å². The molecular weight excluding hydrogens is 569 g/mol. The van der Waals surface area contributed by atoms with Crippen LogP contribution in [0.2, 0.25) is 0 Å². The van der Waals surface area contributed by atoms with Crippen molar-refractivity contribution in [3.8, 4) is 11.1 Å². The van der Waals surface area contributed by atoms with Crippen molar-refractivity contribution in [2.75, 3.05) is 16.8 Å². The third-order valence-electron chi connectivity index (χ3n) is 8.58. The molecule has 43 heavy (non-hydrogen) atoms. The zero-order chi connectivity index (χ0) is 29.8. The fourth-order valence-corrected chi connectivity index (χ4v) is 7.67. The van der Waals surface area contributed by atoms with E-state index in [0.717, 1.165) is 54.7 Å². The second-order valence-electron chi connectivity index (χ2n) is 11.6. The minimum absolute atomic E-state index is 0.158. The minimum atomic E-state index is -0.537. The molecule has 222 valence electrons. The molecule has 7 rings (SSSR count). The number of ether oxygens (including phenoxy) is 1. The third-order valence-corrected chi connectivity index (χ3v) is 9.90. The van der Waals surface area contributed by atoms with Crippen molar-refractivity contribution >= 4 is 40.4 Å². The number of carbonyl (C=O) groups excluding carboxylic acids is 2. The van der Waals surface area contributed by atoms with E-state index in [1.165, 1.54) is 34.1 Å². The largest absolute Gasteiger partial charge is 0.461 e. The smallest absolute Gasteiger partial charge is 0.302 e. The lowest BCUT2D eigenvalue weighted by Crippen LogP contribution is -2.38. The average Bonchev–Trinajstić information content (AvgIpc) is 3.61. The zero-order valence-corrected chi connectivity index (χ0v) is 24.9. The average molecular weight is 602 g/mol. The molecule has 0 radical (unpaired) electrons. The van der Waals surface area contributed by atoms with Gasteiger partial charge in [-0.05, 0) is 79.8 Å². The highest BCUT2D eigenvalue weighted by atomic mass is 32.1. The number of hydrogen-bond acceptors (Lipinski definition) is 7. The fourth-order valence-electron chi connectivity index (χ4n) is 6.28. The van der Waals surface area contributed by atoms with Crippen LogP contribution >= 0.6 is 11.3 Å². The van der Waals surface area contributed by atoms with Gasteiger partial charge in [-0.2, -0.15) is 5.10 Å². The molecule has 3 aliphatic rings. The number of fused-ring (bicyclic) bond motifs is 3. The van der Waals surface area contributed by atoms with Crippen LogP contribution in [0.25, 0.3) is 11.1 Å². The molecule has 1 fully saturated rings. The molecule has 1 saturated carbocycles. The summed E-state index contributed by atoms with van der Waals surface area (Å²) in [6, 6.07) is 6.24. The maximum absolute atomic E-state index is 15.4. The second kappa shape index (κ2) is 10.8. The van der Waals surface area contributed by atoms with Crippen molar-refractivity contribution < 1.29 is 18.7 Å². The van der Waals surface area contributed by atoms with Gasteiger partial charge in [-0.1, -0.05) is 0 Å². The van der Waals surface area contributed by atoms with E-state index in [0.29, 0.717) is 47.1 Å². The van der Waals surface area contributed by atoms with Crippen LogP contribution in [0.3, 0.4) is 0 Å². The van der Waals surface area contributed by atoms with Crippen molar-refractivity contribution in [1.29, 1.82) is 0 Å². The number of halogens is 1. The molecule has 0 atom stereocenters. The number of thiophene rings is 1. The number of aromatic nitrogens is 3. The number of esters is 1. The number of H-pyrrole nitrogens is 1. The number of anilines is 3. The Morgan fingerprint density at radius 3 is 2.74 bits per heavy atom. The van der Waals surface area contributed by atoms with Gasteiger partial charge < -0.3 is 19.5 Å². The number of pyridine rings is 1. The van der Waals surface area contributed by atoms with Gasteiger partial charge in [-0.25, -0.2) is 4.39 Å². The standard InChI is InChI=1S/C32H32FN5O4S/c1-17(39)42-16-24-23(19-11-26(31(40)37(2)15-19)34-29-14-25(35-36-29)18-7-8-18)12-20(33)13-27(24)38-10-9-22-21-5-3-4-6-28(21)43-30(22)32(38)41/h11-15,18H,3-10,16H2,1-2H3,(H2,34,35,36). The molecule has 2 aliphatic carbocycles. The summed E-state index contributed by atoms with van der Waals surface area (Å²) >= 11 is 1.56. The SMILES string of the molecule is CC(=O)OCc1c(-c2cc(Nc3cc(C4CC4)[nH]n3)c(=O)n(C)c2)cc(F)cc1N1CCc2c(sc3c2CCCC3)C1=O. The summed E-state index contributed by atoms with van der Waals surface area (Å²) in [6.45, 7) is 1.55. The Bertz CT molecular complexity index is 1840. The summed E-state index contributed by atoms with van der Waals surface area (Å²) in [5.74, 6) is -0.198. The summed E-state index contributed by atoms with van der Waals surface area (Å²) in [7, 11) is 1.62. The highest BCUT2D eigenvalue weighted by Gasteiger charge is 2.34. The predicted octanol–water partition coefficient (Wildman–Crippen LogP) is 5.74. The van der Waals surface area contributed by atoms with Crippen LogP contribution in [-0.4, -0.2) is 33.2 Å². The first kappa shape index (κ1) is 27.6. The van der Waals surface area contributed by atoms with E-state index in [1.54, 1.807) is 35.5 Å². The highest BCUT2D eigenvalue weighted by molar-refractivity contribution is 7.14. The number of rotatable bonds is 7. The van der Waals surface area contributed by atoms with Crippen LogP contribution in [0.15, 0.2) is 35.3 Å². The van der Waals surface area contributed by atoms with Gasteiger partial charge in [-0.3, -0.25) is 19.5 Å². The van der Waals surface area contributed by atoms with Crippen LogP contribution in [0.4, 0.5) is 21.6 Å². The molecule has 11 heteroatoms. The van der Waals surface area contributed by atoms with E-state index in [9.17, 15) is 14.4 Å². The molecule has 4 heterocycles. The van der Waals surface area contributed by atoms with Gasteiger partial charge in [0.15, 0.2) is 5.82 Å². The molecule has 1 amide bonds. The van der Waals surface area contributed by atoms with Crippen molar-refractivity contribution in [2.45, 2.75) is 64.4 Å². The molecule has 0 spiro atoms. The summed E-state index contributed by atoms with van der Waals surface area (Å²) in [5.41, 5.74) is 5.29. The maximum atomic E-state index is 15.4. The first-order valence-electron chi connectivity index (χ1n) is 14.7. The van der Waals surface area contributed by atoms with Crippen molar-refractivity contribution in [2.24, 2.45) is 7.05 Å². The molecule has 0 saturated heterocycles. The van der Waals surface area contributed by atoms with Gasteiger partial charge in [0.1, 0.15) is 18.1 Å². The van der Waals surface area contributed by atoms with Crippen LogP contribution in [0.5, 0.6) is 0 Å². The van der Waals surface area contributed by atoms with E-state index >= 15 is 4.39 Å². The van der Waals surface area contributed by atoms with Gasteiger partial charge in [0.05, 0.1) is 10.6 Å². The Hall–Kier alpha value is -4.25. The van der Waals surface area contributed by atoms with E-state index in [1.807, 2.05) is 6.07 Å². The second-order valence-corrected chi connectivity index (χ2v) is 12.7.